The van der Waals surface area contributed by atoms with Crippen molar-refractivity contribution in [1.29, 1.82) is 0 Å². The summed E-state index contributed by atoms with van der Waals surface area (Å²) in [7, 11) is 1.99. The third-order valence-electron chi connectivity index (χ3n) is 4.87. The van der Waals surface area contributed by atoms with Crippen LogP contribution in [-0.2, 0) is 26.7 Å². The summed E-state index contributed by atoms with van der Waals surface area (Å²) >= 11 is 3.54. The molecule has 5 rings (SSSR count). The molecule has 4 heterocycles. The second-order valence-electron chi connectivity index (χ2n) is 6.58. The molecule has 6 nitrogen and oxygen atoms in total. The first-order valence-electron chi connectivity index (χ1n) is 8.49. The van der Waals surface area contributed by atoms with Gasteiger partial charge in [-0.05, 0) is 27.6 Å². The van der Waals surface area contributed by atoms with Crippen LogP contribution in [-0.4, -0.2) is 24.3 Å². The number of rotatable bonds is 3. The molecule has 26 heavy (non-hydrogen) atoms. The number of nitrogens with zero attached hydrogens (tertiary/aromatic N) is 6. The van der Waals surface area contributed by atoms with Crippen molar-refractivity contribution in [2.45, 2.75) is 19.6 Å². The van der Waals surface area contributed by atoms with Gasteiger partial charge < -0.3 is 9.47 Å². The van der Waals surface area contributed by atoms with E-state index in [1.165, 1.54) is 16.8 Å². The zero-order valence-electron chi connectivity index (χ0n) is 14.3. The fraction of sp³-hybridized carbons (Fsp3) is 0.211. The highest BCUT2D eigenvalue weighted by Gasteiger charge is 2.27. The topological polar surface area (TPSA) is 51.8 Å². The van der Waals surface area contributed by atoms with E-state index >= 15 is 0 Å². The first kappa shape index (κ1) is 15.6. The minimum atomic E-state index is 0.760. The van der Waals surface area contributed by atoms with Crippen LogP contribution in [0.3, 0.4) is 0 Å². The Morgan fingerprint density at radius 3 is 2.77 bits per heavy atom. The van der Waals surface area contributed by atoms with Crippen LogP contribution in [0.5, 0.6) is 0 Å². The van der Waals surface area contributed by atoms with Crippen LogP contribution in [0.15, 0.2) is 53.3 Å². The standard InChI is InChI=1S/C19H17BrN6/c1-24-17-12-25(11-14(17)8-22-24)19-23-18-16(7-15(20)9-21-18)26(19)10-13-5-3-2-4-6-13/h2-9H,10-12H2,1H3. The summed E-state index contributed by atoms with van der Waals surface area (Å²) in [5.74, 6) is 0.950. The summed E-state index contributed by atoms with van der Waals surface area (Å²) in [6.45, 7) is 2.39. The molecule has 1 aromatic carbocycles. The summed E-state index contributed by atoms with van der Waals surface area (Å²) in [4.78, 5) is 11.7. The number of pyridine rings is 1. The summed E-state index contributed by atoms with van der Waals surface area (Å²) in [5, 5.41) is 4.36. The monoisotopic (exact) mass is 408 g/mol. The summed E-state index contributed by atoms with van der Waals surface area (Å²) < 4.78 is 5.16. The average Bonchev–Trinajstić information content (AvgIpc) is 3.31. The third kappa shape index (κ3) is 2.50. The molecule has 0 fully saturated rings. The normalized spacial score (nSPS) is 13.5. The van der Waals surface area contributed by atoms with Crippen LogP contribution < -0.4 is 4.90 Å². The zero-order chi connectivity index (χ0) is 17.7. The molecule has 0 unspecified atom stereocenters. The van der Waals surface area contributed by atoms with Crippen LogP contribution in [0, 0.1) is 0 Å². The molecule has 0 radical (unpaired) electrons. The molecule has 0 aliphatic carbocycles. The van der Waals surface area contributed by atoms with Crippen molar-refractivity contribution >= 4 is 33.0 Å². The predicted molar refractivity (Wildman–Crippen MR) is 104 cm³/mol. The largest absolute Gasteiger partial charge is 0.332 e. The van der Waals surface area contributed by atoms with Gasteiger partial charge in [-0.2, -0.15) is 10.1 Å². The molecule has 7 heteroatoms. The van der Waals surface area contributed by atoms with Gasteiger partial charge in [0, 0.05) is 29.8 Å². The number of fused-ring (bicyclic) bond motifs is 2. The lowest BCUT2D eigenvalue weighted by molar-refractivity contribution is 0.684. The van der Waals surface area contributed by atoms with Crippen molar-refractivity contribution in [2.75, 3.05) is 4.90 Å². The molecule has 3 aromatic heterocycles. The van der Waals surface area contributed by atoms with Crippen LogP contribution in [0.1, 0.15) is 16.8 Å². The van der Waals surface area contributed by atoms with E-state index in [9.17, 15) is 0 Å². The molecule has 0 amide bonds. The van der Waals surface area contributed by atoms with Crippen molar-refractivity contribution in [2.24, 2.45) is 7.05 Å². The second-order valence-corrected chi connectivity index (χ2v) is 7.49. The Morgan fingerprint density at radius 1 is 1.12 bits per heavy atom. The van der Waals surface area contributed by atoms with E-state index in [2.05, 4.69) is 65.8 Å². The number of halogens is 1. The van der Waals surface area contributed by atoms with Gasteiger partial charge in [0.2, 0.25) is 5.95 Å². The van der Waals surface area contributed by atoms with E-state index in [1.54, 1.807) is 6.20 Å². The molecule has 1 aliphatic heterocycles. The van der Waals surface area contributed by atoms with E-state index in [0.29, 0.717) is 0 Å². The minimum absolute atomic E-state index is 0.760. The molecule has 1 aliphatic rings. The van der Waals surface area contributed by atoms with Crippen molar-refractivity contribution < 1.29 is 0 Å². The highest BCUT2D eigenvalue weighted by molar-refractivity contribution is 9.10. The first-order valence-corrected chi connectivity index (χ1v) is 9.29. The molecular formula is C19H17BrN6. The van der Waals surface area contributed by atoms with Crippen LogP contribution in [0.2, 0.25) is 0 Å². The van der Waals surface area contributed by atoms with Crippen molar-refractivity contribution in [3.05, 3.63) is 70.1 Å². The molecular weight excluding hydrogens is 392 g/mol. The minimum Gasteiger partial charge on any atom is -0.332 e. The Morgan fingerprint density at radius 2 is 1.96 bits per heavy atom. The molecule has 0 spiro atoms. The number of imidazole rings is 1. The Kier molecular flexibility index (Phi) is 3.56. The summed E-state index contributed by atoms with van der Waals surface area (Å²) in [6, 6.07) is 12.6. The molecule has 4 aromatic rings. The molecule has 0 atom stereocenters. The lowest BCUT2D eigenvalue weighted by Crippen LogP contribution is -2.21. The van der Waals surface area contributed by atoms with Gasteiger partial charge in [0.05, 0.1) is 30.5 Å². The molecule has 0 saturated carbocycles. The number of anilines is 1. The van der Waals surface area contributed by atoms with Crippen molar-refractivity contribution in [1.82, 2.24) is 24.3 Å². The van der Waals surface area contributed by atoms with E-state index in [1.807, 2.05) is 24.0 Å². The van der Waals surface area contributed by atoms with Crippen molar-refractivity contribution in [3.63, 3.8) is 0 Å². The Labute approximate surface area is 159 Å². The fourth-order valence-electron chi connectivity index (χ4n) is 3.56. The zero-order valence-corrected chi connectivity index (χ0v) is 15.9. The molecule has 130 valence electrons. The lowest BCUT2D eigenvalue weighted by Gasteiger charge is -2.19. The maximum absolute atomic E-state index is 4.85. The van der Waals surface area contributed by atoms with Crippen LogP contribution >= 0.6 is 15.9 Å². The van der Waals surface area contributed by atoms with E-state index in [0.717, 1.165) is 41.2 Å². The number of benzene rings is 1. The van der Waals surface area contributed by atoms with Gasteiger partial charge in [-0.15, -0.1) is 0 Å². The first-order chi connectivity index (χ1) is 12.7. The number of hydrogen-bond acceptors (Lipinski definition) is 4. The highest BCUT2D eigenvalue weighted by atomic mass is 79.9. The SMILES string of the molecule is Cn1ncc2c1CN(c1nc3ncc(Br)cc3n1Cc1ccccc1)C2. The van der Waals surface area contributed by atoms with E-state index in [4.69, 9.17) is 4.98 Å². The quantitative estimate of drug-likeness (QED) is 0.520. The Balaban J connectivity index is 1.61. The Hall–Kier alpha value is -2.67. The summed E-state index contributed by atoms with van der Waals surface area (Å²) in [6.07, 6.45) is 3.75. The van der Waals surface area contributed by atoms with Crippen LogP contribution in [0.4, 0.5) is 5.95 Å². The summed E-state index contributed by atoms with van der Waals surface area (Å²) in [5.41, 5.74) is 5.56. The molecule has 0 saturated heterocycles. The molecule has 0 N–H and O–H groups in total. The smallest absolute Gasteiger partial charge is 0.209 e. The Bertz CT molecular complexity index is 1100. The number of aromatic nitrogens is 5. The maximum Gasteiger partial charge on any atom is 0.209 e. The van der Waals surface area contributed by atoms with E-state index in [-0.39, 0.29) is 0 Å². The van der Waals surface area contributed by atoms with Crippen molar-refractivity contribution in [3.8, 4) is 0 Å². The lowest BCUT2D eigenvalue weighted by atomic mass is 10.2. The number of aryl methyl sites for hydroxylation is 1. The van der Waals surface area contributed by atoms with Gasteiger partial charge in [-0.25, -0.2) is 4.98 Å². The van der Waals surface area contributed by atoms with E-state index < -0.39 is 0 Å². The van der Waals surface area contributed by atoms with Gasteiger partial charge in [0.25, 0.3) is 0 Å². The van der Waals surface area contributed by atoms with Gasteiger partial charge in [-0.3, -0.25) is 4.68 Å². The van der Waals surface area contributed by atoms with Gasteiger partial charge in [0.1, 0.15) is 0 Å². The van der Waals surface area contributed by atoms with Crippen LogP contribution in [0.25, 0.3) is 11.2 Å². The second kappa shape index (κ2) is 5.95. The third-order valence-corrected chi connectivity index (χ3v) is 5.30. The average molecular weight is 409 g/mol. The fourth-order valence-corrected chi connectivity index (χ4v) is 3.88. The predicted octanol–water partition coefficient (Wildman–Crippen LogP) is 3.50. The molecule has 0 bridgehead atoms. The number of hydrogen-bond donors (Lipinski definition) is 0. The van der Waals surface area contributed by atoms with Gasteiger partial charge in [0.15, 0.2) is 5.65 Å². The van der Waals surface area contributed by atoms with Gasteiger partial charge in [-0.1, -0.05) is 30.3 Å². The van der Waals surface area contributed by atoms with Gasteiger partial charge >= 0.3 is 0 Å². The maximum atomic E-state index is 4.85. The highest BCUT2D eigenvalue weighted by Crippen LogP contribution is 2.31.